The number of nitrogens with one attached hydrogen (secondary N) is 1. The molecule has 0 radical (unpaired) electrons. The minimum atomic E-state index is -4.49. The first-order valence-corrected chi connectivity index (χ1v) is 8.84. The number of benzene rings is 1. The van der Waals surface area contributed by atoms with Gasteiger partial charge >= 0.3 is 6.18 Å². The molecule has 4 rings (SSSR count). The molecular formula is C18H18F3N7O. The van der Waals surface area contributed by atoms with Gasteiger partial charge in [-0.25, -0.2) is 0 Å². The highest BCUT2D eigenvalue weighted by Crippen LogP contribution is 2.35. The van der Waals surface area contributed by atoms with Crippen molar-refractivity contribution < 1.29 is 18.0 Å². The van der Waals surface area contributed by atoms with Gasteiger partial charge in [0.15, 0.2) is 0 Å². The number of nitrogens with zero attached hydrogens (tertiary/aromatic N) is 5. The van der Waals surface area contributed by atoms with Crippen molar-refractivity contribution in [1.29, 1.82) is 0 Å². The van der Waals surface area contributed by atoms with E-state index in [4.69, 9.17) is 5.73 Å². The van der Waals surface area contributed by atoms with Crippen molar-refractivity contribution in [3.05, 3.63) is 46.9 Å². The fraction of sp³-hybridized carbons (Fsp3) is 0.333. The van der Waals surface area contributed by atoms with Crippen molar-refractivity contribution in [3.63, 3.8) is 0 Å². The number of amides is 1. The lowest BCUT2D eigenvalue weighted by Crippen LogP contribution is -2.22. The summed E-state index contributed by atoms with van der Waals surface area (Å²) in [4.78, 5) is 17.9. The molecule has 1 amide bonds. The Morgan fingerprint density at radius 2 is 2.03 bits per heavy atom. The number of halogens is 3. The third-order valence-electron chi connectivity index (χ3n) is 4.96. The van der Waals surface area contributed by atoms with Crippen LogP contribution in [0.15, 0.2) is 24.5 Å². The van der Waals surface area contributed by atoms with Crippen molar-refractivity contribution >= 4 is 23.2 Å². The Bertz CT molecular complexity index is 1110. The van der Waals surface area contributed by atoms with E-state index in [1.807, 2.05) is 0 Å². The Morgan fingerprint density at radius 1 is 1.28 bits per heavy atom. The van der Waals surface area contributed by atoms with Gasteiger partial charge in [0.05, 0.1) is 30.4 Å². The van der Waals surface area contributed by atoms with Gasteiger partial charge < -0.3 is 16.0 Å². The minimum absolute atomic E-state index is 0.0253. The number of anilines is 2. The maximum absolute atomic E-state index is 13.1. The summed E-state index contributed by atoms with van der Waals surface area (Å²) in [7, 11) is 0. The molecule has 0 spiro atoms. The lowest BCUT2D eigenvalue weighted by Gasteiger charge is -2.19. The Labute approximate surface area is 163 Å². The first-order valence-electron chi connectivity index (χ1n) is 8.84. The van der Waals surface area contributed by atoms with Crippen LogP contribution >= 0.6 is 0 Å². The summed E-state index contributed by atoms with van der Waals surface area (Å²) in [5.41, 5.74) is 6.86. The summed E-state index contributed by atoms with van der Waals surface area (Å²) >= 11 is 0. The molecule has 0 fully saturated rings. The third-order valence-corrected chi connectivity index (χ3v) is 4.96. The van der Waals surface area contributed by atoms with Crippen molar-refractivity contribution in [2.75, 3.05) is 11.1 Å². The van der Waals surface area contributed by atoms with Gasteiger partial charge in [-0.2, -0.15) is 18.2 Å². The molecule has 0 saturated carbocycles. The number of fused-ring (bicyclic) bond motifs is 3. The first kappa shape index (κ1) is 19.0. The highest BCUT2D eigenvalue weighted by atomic mass is 19.4. The second-order valence-electron chi connectivity index (χ2n) is 7.01. The Hall–Kier alpha value is -3.37. The van der Waals surface area contributed by atoms with E-state index in [1.54, 1.807) is 16.2 Å². The topological polar surface area (TPSA) is 101 Å². The molecule has 3 heterocycles. The minimum Gasteiger partial charge on any atom is -0.399 e. The highest BCUT2D eigenvalue weighted by Gasteiger charge is 2.32. The number of hydrogen-bond acceptors (Lipinski definition) is 6. The Kier molecular flexibility index (Phi) is 4.32. The highest BCUT2D eigenvalue weighted by molar-refractivity contribution is 5.75. The molecule has 3 aromatic rings. The second-order valence-corrected chi connectivity index (χ2v) is 7.01. The monoisotopic (exact) mass is 405 g/mol. The predicted molar refractivity (Wildman–Crippen MR) is 98.6 cm³/mol. The molecule has 2 aromatic heterocycles. The number of aromatic nitrogens is 4. The van der Waals surface area contributed by atoms with E-state index in [0.29, 0.717) is 30.2 Å². The summed E-state index contributed by atoms with van der Waals surface area (Å²) in [5.74, 6) is 0.701. The fourth-order valence-electron chi connectivity index (χ4n) is 3.43. The van der Waals surface area contributed by atoms with Crippen LogP contribution in [0.1, 0.15) is 42.3 Å². The number of nitrogens with two attached hydrogens (primary N) is 1. The average Bonchev–Trinajstić information content (AvgIpc) is 3.26. The standard InChI is InChI=1S/C18H18F3N7O/c1-9(11-3-12(18(19,20)21)5-13(22)4-11)24-16-14-6-27(10(2)29)7-15(14)28-8-23-26-17(28)25-16/h3-5,8-9H,6-7,22H2,1-2H3,(H,24,25,26)/t9-/m1/s1. The summed E-state index contributed by atoms with van der Waals surface area (Å²) in [6.07, 6.45) is -2.97. The zero-order chi connectivity index (χ0) is 20.9. The molecular weight excluding hydrogens is 387 g/mol. The van der Waals surface area contributed by atoms with Crippen LogP contribution in [0.5, 0.6) is 0 Å². The van der Waals surface area contributed by atoms with Crippen LogP contribution < -0.4 is 11.1 Å². The van der Waals surface area contributed by atoms with Crippen LogP contribution in [0, 0.1) is 0 Å². The molecule has 1 aromatic carbocycles. The van der Waals surface area contributed by atoms with E-state index in [1.165, 1.54) is 19.3 Å². The van der Waals surface area contributed by atoms with E-state index >= 15 is 0 Å². The Balaban J connectivity index is 1.72. The number of carbonyl (C=O) groups is 1. The summed E-state index contributed by atoms with van der Waals surface area (Å²) in [5, 5.41) is 11.0. The van der Waals surface area contributed by atoms with Gasteiger partial charge in [-0.3, -0.25) is 9.20 Å². The summed E-state index contributed by atoms with van der Waals surface area (Å²) in [6, 6.07) is 2.93. The van der Waals surface area contributed by atoms with E-state index in [2.05, 4.69) is 20.5 Å². The van der Waals surface area contributed by atoms with E-state index < -0.39 is 17.8 Å². The first-order chi connectivity index (χ1) is 13.6. The quantitative estimate of drug-likeness (QED) is 0.650. The largest absolute Gasteiger partial charge is 0.416 e. The van der Waals surface area contributed by atoms with Gasteiger partial charge in [-0.05, 0) is 30.7 Å². The van der Waals surface area contributed by atoms with E-state index in [9.17, 15) is 18.0 Å². The lowest BCUT2D eigenvalue weighted by atomic mass is 10.0. The lowest BCUT2D eigenvalue weighted by molar-refractivity contribution is -0.137. The zero-order valence-corrected chi connectivity index (χ0v) is 15.7. The molecule has 0 saturated heterocycles. The maximum Gasteiger partial charge on any atom is 0.416 e. The van der Waals surface area contributed by atoms with Crippen molar-refractivity contribution in [1.82, 2.24) is 24.5 Å². The van der Waals surface area contributed by atoms with Gasteiger partial charge in [-0.15, -0.1) is 10.2 Å². The molecule has 1 atom stereocenters. The number of carbonyl (C=O) groups excluding carboxylic acids is 1. The number of nitrogen functional groups attached to an aromatic ring is 1. The molecule has 0 bridgehead atoms. The van der Waals surface area contributed by atoms with Gasteiger partial charge in [0, 0.05) is 18.2 Å². The normalized spacial score (nSPS) is 14.9. The van der Waals surface area contributed by atoms with E-state index in [0.717, 1.165) is 23.4 Å². The van der Waals surface area contributed by atoms with Gasteiger partial charge in [0.1, 0.15) is 12.1 Å². The van der Waals surface area contributed by atoms with Crippen molar-refractivity contribution in [2.24, 2.45) is 0 Å². The molecule has 8 nitrogen and oxygen atoms in total. The second kappa shape index (κ2) is 6.61. The van der Waals surface area contributed by atoms with Crippen LogP contribution in [-0.4, -0.2) is 30.4 Å². The molecule has 152 valence electrons. The average molecular weight is 405 g/mol. The summed E-state index contributed by atoms with van der Waals surface area (Å²) < 4.78 is 41.1. The maximum atomic E-state index is 13.1. The molecule has 1 aliphatic rings. The predicted octanol–water partition coefficient (Wildman–Crippen LogP) is 2.76. The number of alkyl halides is 3. The van der Waals surface area contributed by atoms with Crippen LogP contribution in [0.2, 0.25) is 0 Å². The SMILES string of the molecule is CC(=O)N1Cc2c(N[C@H](C)c3cc(N)cc(C(F)(F)F)c3)nc3nncn3c2C1. The molecule has 1 aliphatic heterocycles. The van der Waals surface area contributed by atoms with E-state index in [-0.39, 0.29) is 11.6 Å². The molecule has 11 heteroatoms. The molecule has 29 heavy (non-hydrogen) atoms. The zero-order valence-electron chi connectivity index (χ0n) is 15.7. The molecule has 0 aliphatic carbocycles. The smallest absolute Gasteiger partial charge is 0.399 e. The van der Waals surface area contributed by atoms with Crippen molar-refractivity contribution in [3.8, 4) is 0 Å². The number of hydrogen-bond donors (Lipinski definition) is 2. The van der Waals surface area contributed by atoms with Crippen LogP contribution in [0.3, 0.4) is 0 Å². The Morgan fingerprint density at radius 3 is 2.72 bits per heavy atom. The number of rotatable bonds is 3. The van der Waals surface area contributed by atoms with Gasteiger partial charge in [0.2, 0.25) is 5.91 Å². The van der Waals surface area contributed by atoms with Crippen LogP contribution in [-0.2, 0) is 24.1 Å². The third kappa shape index (κ3) is 3.43. The molecule has 0 unspecified atom stereocenters. The van der Waals surface area contributed by atoms with Crippen LogP contribution in [0.4, 0.5) is 24.7 Å². The van der Waals surface area contributed by atoms with Crippen LogP contribution in [0.25, 0.3) is 5.78 Å². The summed E-state index contributed by atoms with van der Waals surface area (Å²) in [6.45, 7) is 3.91. The van der Waals surface area contributed by atoms with Gasteiger partial charge in [0.25, 0.3) is 5.78 Å². The fourth-order valence-corrected chi connectivity index (χ4v) is 3.43. The molecule has 3 N–H and O–H groups in total. The van der Waals surface area contributed by atoms with Crippen molar-refractivity contribution in [2.45, 2.75) is 39.2 Å². The van der Waals surface area contributed by atoms with Gasteiger partial charge in [-0.1, -0.05) is 0 Å².